The topological polar surface area (TPSA) is 93.1 Å². The van der Waals surface area contributed by atoms with Crippen LogP contribution in [0.1, 0.15) is 12.2 Å². The van der Waals surface area contributed by atoms with Crippen LogP contribution in [0, 0.1) is 5.41 Å². The number of aromatic amines is 1. The van der Waals surface area contributed by atoms with Gasteiger partial charge in [0, 0.05) is 23.7 Å². The molecule has 26 heavy (non-hydrogen) atoms. The van der Waals surface area contributed by atoms with Gasteiger partial charge in [0.2, 0.25) is 0 Å². The van der Waals surface area contributed by atoms with E-state index in [1.165, 1.54) is 0 Å². The first-order valence-electron chi connectivity index (χ1n) is 8.08. The van der Waals surface area contributed by atoms with Gasteiger partial charge in [0.25, 0.3) is 5.56 Å². The summed E-state index contributed by atoms with van der Waals surface area (Å²) in [4.78, 5) is 21.2. The number of aromatic nitrogens is 2. The van der Waals surface area contributed by atoms with E-state index in [-0.39, 0.29) is 28.6 Å². The van der Waals surface area contributed by atoms with Crippen LogP contribution in [0.5, 0.6) is 0 Å². The summed E-state index contributed by atoms with van der Waals surface area (Å²) in [6.45, 7) is 0.437. The lowest BCUT2D eigenvalue weighted by Gasteiger charge is -2.30. The van der Waals surface area contributed by atoms with E-state index in [1.807, 2.05) is 6.07 Å². The maximum Gasteiger partial charge on any atom is 0.259 e. The van der Waals surface area contributed by atoms with Crippen LogP contribution in [-0.2, 0) is 0 Å². The number of hydrogen-bond acceptors (Lipinski definition) is 4. The molecule has 1 aliphatic rings. The van der Waals surface area contributed by atoms with Gasteiger partial charge in [-0.25, -0.2) is 4.98 Å². The fourth-order valence-corrected chi connectivity index (χ4v) is 3.27. The second-order valence-corrected chi connectivity index (χ2v) is 6.42. The molecule has 0 unspecified atom stereocenters. The minimum absolute atomic E-state index is 0.0340. The number of anilines is 1. The van der Waals surface area contributed by atoms with Crippen molar-refractivity contribution in [1.29, 1.82) is 5.41 Å². The van der Waals surface area contributed by atoms with Crippen LogP contribution in [0.4, 0.5) is 5.69 Å². The van der Waals surface area contributed by atoms with Gasteiger partial charge >= 0.3 is 0 Å². The van der Waals surface area contributed by atoms with Crippen molar-refractivity contribution in [1.82, 2.24) is 9.97 Å². The third-order valence-electron chi connectivity index (χ3n) is 4.34. The zero-order valence-electron chi connectivity index (χ0n) is 13.7. The second kappa shape index (κ2) is 6.31. The molecular weight excluding hydrogens is 352 g/mol. The molecule has 1 aliphatic heterocycles. The predicted molar refractivity (Wildman–Crippen MR) is 103 cm³/mol. The molecule has 0 fully saturated rings. The molecule has 4 rings (SSSR count). The van der Waals surface area contributed by atoms with Crippen LogP contribution in [0.3, 0.4) is 0 Å². The summed E-state index contributed by atoms with van der Waals surface area (Å²) in [7, 11) is 0. The van der Waals surface area contributed by atoms with Gasteiger partial charge in [0.1, 0.15) is 17.4 Å². The Morgan fingerprint density at radius 2 is 2.00 bits per heavy atom. The standard InChI is InChI=1S/C19H15ClN4O2/c20-11-4-3-5-12(10-11)24-9-8-15(25)16(17(24)21)18-22-14-7-2-1-6-13(14)19(26)23-18/h1-7,10,21,25H,8-9H2,(H,22,23,26). The molecule has 0 aliphatic carbocycles. The molecule has 0 bridgehead atoms. The van der Waals surface area contributed by atoms with Gasteiger partial charge in [-0.3, -0.25) is 10.2 Å². The van der Waals surface area contributed by atoms with E-state index in [9.17, 15) is 9.90 Å². The summed E-state index contributed by atoms with van der Waals surface area (Å²) in [5.41, 5.74) is 1.17. The highest BCUT2D eigenvalue weighted by Crippen LogP contribution is 2.30. The molecule has 130 valence electrons. The maximum absolute atomic E-state index is 12.4. The molecule has 0 radical (unpaired) electrons. The summed E-state index contributed by atoms with van der Waals surface area (Å²) in [6, 6.07) is 14.1. The molecular formula is C19H15ClN4O2. The van der Waals surface area contributed by atoms with Crippen molar-refractivity contribution in [2.24, 2.45) is 0 Å². The molecule has 2 heterocycles. The van der Waals surface area contributed by atoms with Crippen LogP contribution in [0.15, 0.2) is 59.1 Å². The average Bonchev–Trinajstić information content (AvgIpc) is 2.62. The lowest BCUT2D eigenvalue weighted by Crippen LogP contribution is -2.37. The van der Waals surface area contributed by atoms with Crippen molar-refractivity contribution >= 4 is 39.6 Å². The minimum atomic E-state index is -0.307. The molecule has 7 heteroatoms. The highest BCUT2D eigenvalue weighted by atomic mass is 35.5. The Hall–Kier alpha value is -3.12. The predicted octanol–water partition coefficient (Wildman–Crippen LogP) is 3.73. The number of fused-ring (bicyclic) bond motifs is 1. The van der Waals surface area contributed by atoms with Gasteiger partial charge in [0.15, 0.2) is 0 Å². The minimum Gasteiger partial charge on any atom is -0.511 e. The Balaban J connectivity index is 1.82. The van der Waals surface area contributed by atoms with Gasteiger partial charge in [-0.2, -0.15) is 0 Å². The van der Waals surface area contributed by atoms with Crippen LogP contribution in [-0.4, -0.2) is 27.5 Å². The number of halogens is 1. The number of rotatable bonds is 2. The summed E-state index contributed by atoms with van der Waals surface area (Å²) >= 11 is 6.06. The van der Waals surface area contributed by atoms with Crippen LogP contribution in [0.2, 0.25) is 5.02 Å². The molecule has 6 nitrogen and oxygen atoms in total. The van der Waals surface area contributed by atoms with E-state index in [1.54, 1.807) is 47.4 Å². The third kappa shape index (κ3) is 2.74. The van der Waals surface area contributed by atoms with Crippen molar-refractivity contribution in [2.45, 2.75) is 6.42 Å². The van der Waals surface area contributed by atoms with Gasteiger partial charge in [-0.05, 0) is 30.3 Å². The molecule has 0 saturated carbocycles. The highest BCUT2D eigenvalue weighted by Gasteiger charge is 2.28. The molecule has 0 atom stereocenters. The Labute approximate surface area is 153 Å². The maximum atomic E-state index is 12.4. The van der Waals surface area contributed by atoms with E-state index in [2.05, 4.69) is 9.97 Å². The lowest BCUT2D eigenvalue weighted by atomic mass is 10.0. The number of nitrogens with zero attached hydrogens (tertiary/aromatic N) is 2. The summed E-state index contributed by atoms with van der Waals surface area (Å²) in [5, 5.41) is 20.0. The largest absolute Gasteiger partial charge is 0.511 e. The number of H-pyrrole nitrogens is 1. The summed E-state index contributed by atoms with van der Waals surface area (Å²) in [6.07, 6.45) is 0.334. The van der Waals surface area contributed by atoms with E-state index < -0.39 is 0 Å². The van der Waals surface area contributed by atoms with Crippen LogP contribution in [0.25, 0.3) is 16.5 Å². The average molecular weight is 367 g/mol. The number of amidine groups is 1. The lowest BCUT2D eigenvalue weighted by molar-refractivity contribution is 0.391. The number of para-hydroxylation sites is 1. The first-order chi connectivity index (χ1) is 12.5. The number of benzene rings is 2. The molecule has 0 amide bonds. The highest BCUT2D eigenvalue weighted by molar-refractivity contribution is 6.31. The van der Waals surface area contributed by atoms with Gasteiger partial charge < -0.3 is 15.0 Å². The molecule has 0 spiro atoms. The number of hydrogen-bond donors (Lipinski definition) is 3. The van der Waals surface area contributed by atoms with Crippen molar-refractivity contribution in [3.8, 4) is 0 Å². The first-order valence-corrected chi connectivity index (χ1v) is 8.46. The Kier molecular flexibility index (Phi) is 3.97. The van der Waals surface area contributed by atoms with Gasteiger partial charge in [0.05, 0.1) is 16.5 Å². The number of nitrogens with one attached hydrogen (secondary N) is 2. The Morgan fingerprint density at radius 1 is 1.19 bits per heavy atom. The SMILES string of the molecule is N=C1C(c2nc3ccccc3c(=O)[nH]2)=C(O)CCN1c1cccc(Cl)c1. The second-order valence-electron chi connectivity index (χ2n) is 5.98. The Morgan fingerprint density at radius 3 is 2.81 bits per heavy atom. The van der Waals surface area contributed by atoms with Crippen molar-refractivity contribution in [3.63, 3.8) is 0 Å². The van der Waals surface area contributed by atoms with E-state index in [4.69, 9.17) is 17.0 Å². The smallest absolute Gasteiger partial charge is 0.259 e. The zero-order chi connectivity index (χ0) is 18.3. The van der Waals surface area contributed by atoms with Gasteiger partial charge in [-0.15, -0.1) is 0 Å². The van der Waals surface area contributed by atoms with E-state index in [0.717, 1.165) is 5.69 Å². The summed E-state index contributed by atoms with van der Waals surface area (Å²) < 4.78 is 0. The molecule has 0 saturated heterocycles. The number of aliphatic hydroxyl groups is 1. The normalized spacial score (nSPS) is 15.0. The fraction of sp³-hybridized carbons (Fsp3) is 0.105. The van der Waals surface area contributed by atoms with Crippen molar-refractivity contribution in [3.05, 3.63) is 75.5 Å². The molecule has 1 aromatic heterocycles. The van der Waals surface area contributed by atoms with Crippen molar-refractivity contribution < 1.29 is 5.11 Å². The summed E-state index contributed by atoms with van der Waals surface area (Å²) in [5.74, 6) is 0.282. The van der Waals surface area contributed by atoms with E-state index in [0.29, 0.717) is 28.9 Å². The molecule has 3 N–H and O–H groups in total. The van der Waals surface area contributed by atoms with E-state index >= 15 is 0 Å². The van der Waals surface area contributed by atoms with Crippen LogP contribution >= 0.6 is 11.6 Å². The fourth-order valence-electron chi connectivity index (χ4n) is 3.08. The third-order valence-corrected chi connectivity index (χ3v) is 4.57. The van der Waals surface area contributed by atoms with Crippen molar-refractivity contribution in [2.75, 3.05) is 11.4 Å². The molecule has 3 aromatic rings. The monoisotopic (exact) mass is 366 g/mol. The van der Waals surface area contributed by atoms with Gasteiger partial charge in [-0.1, -0.05) is 29.8 Å². The number of aliphatic hydroxyl groups excluding tert-OH is 1. The first kappa shape index (κ1) is 16.4. The zero-order valence-corrected chi connectivity index (χ0v) is 14.4. The Bertz CT molecular complexity index is 1120. The molecule has 2 aromatic carbocycles. The van der Waals surface area contributed by atoms with Crippen LogP contribution < -0.4 is 10.5 Å². The quantitative estimate of drug-likeness (QED) is 0.644.